The van der Waals surface area contributed by atoms with E-state index in [1.807, 2.05) is 6.07 Å². The molecule has 1 heterocycles. The van der Waals surface area contributed by atoms with Crippen LogP contribution in [0.15, 0.2) is 18.2 Å². The van der Waals surface area contributed by atoms with Gasteiger partial charge in [0.2, 0.25) is 0 Å². The molecule has 1 saturated heterocycles. The number of allylic oxidation sites excluding steroid dienone is 1. The molecule has 0 unspecified atom stereocenters. The first-order valence-electron chi connectivity index (χ1n) is 8.81. The Labute approximate surface area is 147 Å². The van der Waals surface area contributed by atoms with Crippen molar-refractivity contribution in [2.45, 2.75) is 57.7 Å². The van der Waals surface area contributed by atoms with E-state index in [2.05, 4.69) is 45.6 Å². The van der Waals surface area contributed by atoms with Crippen LogP contribution in [-0.2, 0) is 10.3 Å². The monoisotopic (exact) mass is 346 g/mol. The van der Waals surface area contributed by atoms with Crippen molar-refractivity contribution in [2.24, 2.45) is 5.92 Å². The topological polar surface area (TPSA) is 27.7 Å². The van der Waals surface area contributed by atoms with Crippen LogP contribution >= 0.6 is 0 Å². The Balaban J connectivity index is 2.07. The summed E-state index contributed by atoms with van der Waals surface area (Å²) in [6, 6.07) is 5.31. The van der Waals surface area contributed by atoms with Crippen LogP contribution in [-0.4, -0.2) is 28.4 Å². The normalized spacial score (nSPS) is 28.9. The van der Waals surface area contributed by atoms with E-state index in [-0.39, 0.29) is 5.60 Å². The molecule has 1 aliphatic carbocycles. The Morgan fingerprint density at radius 2 is 1.92 bits per heavy atom. The van der Waals surface area contributed by atoms with Gasteiger partial charge in [-0.2, -0.15) is 0 Å². The van der Waals surface area contributed by atoms with Crippen molar-refractivity contribution < 1.29 is 14.2 Å². The third kappa shape index (κ3) is 2.90. The molecule has 0 amide bonds. The number of hydrogen-bond acceptors (Lipinski definition) is 3. The van der Waals surface area contributed by atoms with Crippen LogP contribution in [0.5, 0.6) is 11.5 Å². The lowest BCUT2D eigenvalue weighted by molar-refractivity contribution is -0.0378. The summed E-state index contributed by atoms with van der Waals surface area (Å²) in [7, 11) is 2.27. The van der Waals surface area contributed by atoms with Crippen molar-refractivity contribution in [3.8, 4) is 11.5 Å². The maximum Gasteiger partial charge on any atom is 0.130 e. The summed E-state index contributed by atoms with van der Waals surface area (Å²) in [6.45, 7) is 11.7. The first-order valence-corrected chi connectivity index (χ1v) is 12.5. The summed E-state index contributed by atoms with van der Waals surface area (Å²) >= 11 is 0. The SMILES string of the molecule is COc1cc(OC)c2c(c1)[C@]1(C)O[C@H](C[Si](C)(C)C)C[C@@H]1C=C2C. The summed E-state index contributed by atoms with van der Waals surface area (Å²) in [5.41, 5.74) is 3.37. The highest BCUT2D eigenvalue weighted by Gasteiger charge is 2.49. The number of ether oxygens (including phenoxy) is 3. The highest BCUT2D eigenvalue weighted by atomic mass is 28.3. The Morgan fingerprint density at radius 3 is 2.50 bits per heavy atom. The second kappa shape index (κ2) is 5.92. The molecule has 1 aromatic rings. The predicted molar refractivity (Wildman–Crippen MR) is 102 cm³/mol. The van der Waals surface area contributed by atoms with Gasteiger partial charge in [0.1, 0.15) is 11.5 Å². The zero-order valence-electron chi connectivity index (χ0n) is 16.0. The summed E-state index contributed by atoms with van der Waals surface area (Å²) in [5, 5.41) is 0. The number of fused-ring (bicyclic) bond motifs is 3. The van der Waals surface area contributed by atoms with Crippen molar-refractivity contribution in [1.29, 1.82) is 0 Å². The van der Waals surface area contributed by atoms with Crippen molar-refractivity contribution >= 4 is 13.6 Å². The molecule has 0 N–H and O–H groups in total. The van der Waals surface area contributed by atoms with E-state index in [1.165, 1.54) is 22.7 Å². The average molecular weight is 347 g/mol. The zero-order chi connectivity index (χ0) is 17.7. The summed E-state index contributed by atoms with van der Waals surface area (Å²) in [5.74, 6) is 2.12. The van der Waals surface area contributed by atoms with Crippen molar-refractivity contribution in [2.75, 3.05) is 14.2 Å². The molecule has 0 spiro atoms. The Bertz CT molecular complexity index is 674. The van der Waals surface area contributed by atoms with Gasteiger partial charge in [-0.1, -0.05) is 25.7 Å². The molecule has 0 saturated carbocycles. The summed E-state index contributed by atoms with van der Waals surface area (Å²) in [4.78, 5) is 0. The van der Waals surface area contributed by atoms with Gasteiger partial charge in [-0.05, 0) is 43.5 Å². The molecule has 1 aromatic carbocycles. The van der Waals surface area contributed by atoms with Crippen LogP contribution in [0.25, 0.3) is 5.57 Å². The second-order valence-electron chi connectivity index (χ2n) is 8.56. The quantitative estimate of drug-likeness (QED) is 0.712. The molecular weight excluding hydrogens is 316 g/mol. The van der Waals surface area contributed by atoms with Gasteiger partial charge >= 0.3 is 0 Å². The Hall–Kier alpha value is -1.26. The standard InChI is InChI=1S/C20H30O3Si/c1-13-8-14-9-16(12-24(5,6)7)23-20(14,2)17-10-15(21-3)11-18(22-4)19(13)17/h8,10-11,14,16H,9,12H2,1-7H3/t14-,16-,20+/m0/s1. The number of rotatable bonds is 4. The molecule has 132 valence electrons. The van der Waals surface area contributed by atoms with Gasteiger partial charge in [-0.25, -0.2) is 0 Å². The van der Waals surface area contributed by atoms with Crippen LogP contribution < -0.4 is 9.47 Å². The van der Waals surface area contributed by atoms with E-state index in [9.17, 15) is 0 Å². The molecule has 24 heavy (non-hydrogen) atoms. The lowest BCUT2D eigenvalue weighted by Crippen LogP contribution is -2.33. The first kappa shape index (κ1) is 17.6. The number of hydrogen-bond donors (Lipinski definition) is 0. The number of methoxy groups -OCH3 is 2. The molecule has 3 rings (SSSR count). The summed E-state index contributed by atoms with van der Waals surface area (Å²) < 4.78 is 17.8. The van der Waals surface area contributed by atoms with E-state index < -0.39 is 8.07 Å². The van der Waals surface area contributed by atoms with Crippen LogP contribution in [0, 0.1) is 5.92 Å². The van der Waals surface area contributed by atoms with Gasteiger partial charge in [0, 0.05) is 25.6 Å². The van der Waals surface area contributed by atoms with Crippen LogP contribution in [0.4, 0.5) is 0 Å². The van der Waals surface area contributed by atoms with Gasteiger partial charge < -0.3 is 14.2 Å². The molecule has 0 aromatic heterocycles. The second-order valence-corrected chi connectivity index (χ2v) is 14.1. The molecule has 0 radical (unpaired) electrons. The number of benzene rings is 1. The predicted octanol–water partition coefficient (Wildman–Crippen LogP) is 5.08. The summed E-state index contributed by atoms with van der Waals surface area (Å²) in [6.07, 6.45) is 3.84. The lowest BCUT2D eigenvalue weighted by Gasteiger charge is -2.37. The van der Waals surface area contributed by atoms with Gasteiger partial charge in [0.05, 0.1) is 25.9 Å². The van der Waals surface area contributed by atoms with E-state index in [4.69, 9.17) is 14.2 Å². The van der Waals surface area contributed by atoms with Gasteiger partial charge in [0.25, 0.3) is 0 Å². The lowest BCUT2D eigenvalue weighted by atomic mass is 9.73. The van der Waals surface area contributed by atoms with E-state index in [0.717, 1.165) is 17.9 Å². The fourth-order valence-electron chi connectivity index (χ4n) is 4.34. The van der Waals surface area contributed by atoms with Gasteiger partial charge in [-0.3, -0.25) is 0 Å². The van der Waals surface area contributed by atoms with Crippen LogP contribution in [0.1, 0.15) is 31.4 Å². The third-order valence-corrected chi connectivity index (χ3v) is 7.07. The van der Waals surface area contributed by atoms with Crippen LogP contribution in [0.2, 0.25) is 25.7 Å². The Kier molecular flexibility index (Phi) is 4.33. The smallest absolute Gasteiger partial charge is 0.130 e. The molecule has 1 aliphatic heterocycles. The minimum atomic E-state index is -1.16. The maximum absolute atomic E-state index is 6.68. The molecule has 4 heteroatoms. The fourth-order valence-corrected chi connectivity index (χ4v) is 5.96. The van der Waals surface area contributed by atoms with Crippen molar-refractivity contribution in [1.82, 2.24) is 0 Å². The van der Waals surface area contributed by atoms with Crippen LogP contribution in [0.3, 0.4) is 0 Å². The van der Waals surface area contributed by atoms with Crippen molar-refractivity contribution in [3.63, 3.8) is 0 Å². The molecule has 2 aliphatic rings. The molecule has 3 atom stereocenters. The zero-order valence-corrected chi connectivity index (χ0v) is 17.0. The first-order chi connectivity index (χ1) is 11.2. The molecule has 1 fully saturated rings. The Morgan fingerprint density at radius 1 is 1.21 bits per heavy atom. The van der Waals surface area contributed by atoms with Crippen molar-refractivity contribution in [3.05, 3.63) is 29.3 Å². The maximum atomic E-state index is 6.68. The van der Waals surface area contributed by atoms with E-state index >= 15 is 0 Å². The van der Waals surface area contributed by atoms with Gasteiger partial charge in [0.15, 0.2) is 0 Å². The minimum absolute atomic E-state index is 0.291. The highest BCUT2D eigenvalue weighted by molar-refractivity contribution is 6.76. The van der Waals surface area contributed by atoms with Gasteiger partial charge in [-0.15, -0.1) is 0 Å². The molecule has 3 nitrogen and oxygen atoms in total. The fraction of sp³-hybridized carbons (Fsp3) is 0.600. The molecular formula is C20H30O3Si. The third-order valence-electron chi connectivity index (χ3n) is 5.39. The molecule has 0 bridgehead atoms. The highest BCUT2D eigenvalue weighted by Crippen LogP contribution is 2.54. The van der Waals surface area contributed by atoms with E-state index in [1.54, 1.807) is 14.2 Å². The van der Waals surface area contributed by atoms with E-state index in [0.29, 0.717) is 12.0 Å². The minimum Gasteiger partial charge on any atom is -0.497 e. The largest absolute Gasteiger partial charge is 0.497 e. The average Bonchev–Trinajstić information content (AvgIpc) is 2.80.